The molecule has 0 spiro atoms. The zero-order valence-corrected chi connectivity index (χ0v) is 13.3. The van der Waals surface area contributed by atoms with Crippen molar-refractivity contribution in [2.45, 2.75) is 19.5 Å². The zero-order chi connectivity index (χ0) is 15.9. The van der Waals surface area contributed by atoms with E-state index in [4.69, 9.17) is 15.2 Å². The van der Waals surface area contributed by atoms with Crippen LogP contribution in [0, 0.1) is 0 Å². The van der Waals surface area contributed by atoms with Crippen LogP contribution in [0.4, 0.5) is 0 Å². The molecule has 0 aliphatic heterocycles. The summed E-state index contributed by atoms with van der Waals surface area (Å²) in [5.74, 6) is 1.29. The smallest absolute Gasteiger partial charge is 0.189 e. The fraction of sp³-hybridized carbons (Fsp3) is 0.353. The van der Waals surface area contributed by atoms with Gasteiger partial charge in [0, 0.05) is 13.2 Å². The molecule has 1 unspecified atom stereocenters. The molecule has 5 nitrogen and oxygen atoms in total. The molecule has 0 bridgehead atoms. The van der Waals surface area contributed by atoms with Crippen molar-refractivity contribution in [2.24, 2.45) is 10.7 Å². The summed E-state index contributed by atoms with van der Waals surface area (Å²) >= 11 is 0. The van der Waals surface area contributed by atoms with Gasteiger partial charge in [0.1, 0.15) is 5.75 Å². The number of hydrogen-bond donors (Lipinski definition) is 2. The molecule has 2 rings (SSSR count). The Hall–Kier alpha value is -2.27. The standard InChI is InChI=1S/C17H23N3O2/c1-12(11-21-2)20-17(18)19-10-13-4-5-15-9-16(22-3)7-6-14(15)8-13/h4-9,12H,10-11H2,1-3H3,(H3,18,19,20). The Morgan fingerprint density at radius 1 is 1.18 bits per heavy atom. The Morgan fingerprint density at radius 2 is 1.91 bits per heavy atom. The number of aliphatic imine (C=N–C) groups is 1. The van der Waals surface area contributed by atoms with Crippen LogP contribution >= 0.6 is 0 Å². The van der Waals surface area contributed by atoms with E-state index in [9.17, 15) is 0 Å². The highest BCUT2D eigenvalue weighted by atomic mass is 16.5. The van der Waals surface area contributed by atoms with Gasteiger partial charge in [-0.15, -0.1) is 0 Å². The minimum atomic E-state index is 0.137. The molecule has 0 aliphatic carbocycles. The number of fused-ring (bicyclic) bond motifs is 1. The average Bonchev–Trinajstić information content (AvgIpc) is 2.52. The number of ether oxygens (including phenoxy) is 2. The molecule has 1 atom stereocenters. The maximum atomic E-state index is 5.87. The second-order valence-corrected chi connectivity index (χ2v) is 5.25. The lowest BCUT2D eigenvalue weighted by molar-refractivity contribution is 0.179. The lowest BCUT2D eigenvalue weighted by Gasteiger charge is -2.13. The molecule has 2 aromatic carbocycles. The minimum Gasteiger partial charge on any atom is -0.497 e. The summed E-state index contributed by atoms with van der Waals surface area (Å²) in [6, 6.07) is 12.4. The highest BCUT2D eigenvalue weighted by molar-refractivity contribution is 5.84. The first-order valence-corrected chi connectivity index (χ1v) is 7.24. The van der Waals surface area contributed by atoms with E-state index >= 15 is 0 Å². The Labute approximate surface area is 131 Å². The third-order valence-corrected chi connectivity index (χ3v) is 3.35. The first-order chi connectivity index (χ1) is 10.6. The number of rotatable bonds is 6. The van der Waals surface area contributed by atoms with Crippen molar-refractivity contribution in [2.75, 3.05) is 20.8 Å². The third kappa shape index (κ3) is 4.36. The molecule has 118 valence electrons. The fourth-order valence-corrected chi connectivity index (χ4v) is 2.26. The number of nitrogens with two attached hydrogens (primary N) is 1. The molecule has 22 heavy (non-hydrogen) atoms. The molecule has 5 heteroatoms. The van der Waals surface area contributed by atoms with Crippen LogP contribution in [-0.4, -0.2) is 32.8 Å². The number of guanidine groups is 1. The van der Waals surface area contributed by atoms with E-state index in [0.717, 1.165) is 22.1 Å². The summed E-state index contributed by atoms with van der Waals surface area (Å²) in [7, 11) is 3.33. The lowest BCUT2D eigenvalue weighted by Crippen LogP contribution is -2.40. The van der Waals surface area contributed by atoms with E-state index in [-0.39, 0.29) is 6.04 Å². The predicted octanol–water partition coefficient (Wildman–Crippen LogP) is 2.29. The number of hydrogen-bond acceptors (Lipinski definition) is 3. The Balaban J connectivity index is 2.05. The number of methoxy groups -OCH3 is 2. The van der Waals surface area contributed by atoms with Crippen LogP contribution in [0.3, 0.4) is 0 Å². The maximum absolute atomic E-state index is 5.87. The third-order valence-electron chi connectivity index (χ3n) is 3.35. The second-order valence-electron chi connectivity index (χ2n) is 5.25. The van der Waals surface area contributed by atoms with E-state index in [2.05, 4.69) is 28.5 Å². The van der Waals surface area contributed by atoms with Gasteiger partial charge < -0.3 is 20.5 Å². The molecule has 0 radical (unpaired) electrons. The second kappa shape index (κ2) is 7.66. The molecule has 0 saturated carbocycles. The van der Waals surface area contributed by atoms with Gasteiger partial charge in [-0.3, -0.25) is 0 Å². The van der Waals surface area contributed by atoms with Crippen molar-refractivity contribution < 1.29 is 9.47 Å². The van der Waals surface area contributed by atoms with Gasteiger partial charge in [-0.1, -0.05) is 18.2 Å². The van der Waals surface area contributed by atoms with Crippen LogP contribution in [0.1, 0.15) is 12.5 Å². The van der Waals surface area contributed by atoms with Crippen molar-refractivity contribution in [3.63, 3.8) is 0 Å². The van der Waals surface area contributed by atoms with Gasteiger partial charge in [0.25, 0.3) is 0 Å². The number of nitrogens with one attached hydrogen (secondary N) is 1. The summed E-state index contributed by atoms with van der Waals surface area (Å²) in [4.78, 5) is 4.36. The van der Waals surface area contributed by atoms with Crippen molar-refractivity contribution in [1.29, 1.82) is 0 Å². The van der Waals surface area contributed by atoms with Crippen LogP contribution in [0.2, 0.25) is 0 Å². The molecule has 0 saturated heterocycles. The maximum Gasteiger partial charge on any atom is 0.189 e. The fourth-order valence-electron chi connectivity index (χ4n) is 2.26. The van der Waals surface area contributed by atoms with Crippen molar-refractivity contribution in [3.05, 3.63) is 42.0 Å². The van der Waals surface area contributed by atoms with Crippen LogP contribution in [0.5, 0.6) is 5.75 Å². The van der Waals surface area contributed by atoms with Crippen LogP contribution < -0.4 is 15.8 Å². The minimum absolute atomic E-state index is 0.137. The molecule has 2 aromatic rings. The van der Waals surface area contributed by atoms with E-state index < -0.39 is 0 Å². The van der Waals surface area contributed by atoms with Crippen molar-refractivity contribution >= 4 is 16.7 Å². The summed E-state index contributed by atoms with van der Waals surface area (Å²) < 4.78 is 10.3. The molecular formula is C17H23N3O2. The zero-order valence-electron chi connectivity index (χ0n) is 13.3. The predicted molar refractivity (Wildman–Crippen MR) is 90.3 cm³/mol. The SMILES string of the molecule is COCC(C)NC(N)=NCc1ccc2cc(OC)ccc2c1. The number of benzene rings is 2. The van der Waals surface area contributed by atoms with E-state index in [1.807, 2.05) is 25.1 Å². The summed E-state index contributed by atoms with van der Waals surface area (Å²) in [6.07, 6.45) is 0. The molecule has 3 N–H and O–H groups in total. The molecule has 0 heterocycles. The first kappa shape index (κ1) is 16.1. The molecule has 0 aromatic heterocycles. The number of nitrogens with zero attached hydrogens (tertiary/aromatic N) is 1. The van der Waals surface area contributed by atoms with E-state index in [1.54, 1.807) is 14.2 Å². The average molecular weight is 301 g/mol. The quantitative estimate of drug-likeness (QED) is 0.634. The summed E-state index contributed by atoms with van der Waals surface area (Å²) in [5.41, 5.74) is 6.98. The Bertz CT molecular complexity index is 655. The van der Waals surface area contributed by atoms with Gasteiger partial charge in [0.15, 0.2) is 5.96 Å². The lowest BCUT2D eigenvalue weighted by atomic mass is 10.1. The van der Waals surface area contributed by atoms with Crippen LogP contribution in [-0.2, 0) is 11.3 Å². The van der Waals surface area contributed by atoms with Gasteiger partial charge in [0.05, 0.1) is 20.3 Å². The molecule has 0 fully saturated rings. The topological polar surface area (TPSA) is 68.9 Å². The van der Waals surface area contributed by atoms with Crippen molar-refractivity contribution in [3.8, 4) is 5.75 Å². The van der Waals surface area contributed by atoms with Gasteiger partial charge in [-0.05, 0) is 41.5 Å². The normalized spacial score (nSPS) is 13.1. The van der Waals surface area contributed by atoms with E-state index in [1.165, 1.54) is 0 Å². The largest absolute Gasteiger partial charge is 0.497 e. The monoisotopic (exact) mass is 301 g/mol. The Morgan fingerprint density at radius 3 is 2.64 bits per heavy atom. The summed E-state index contributed by atoms with van der Waals surface area (Å²) in [6.45, 7) is 3.13. The highest BCUT2D eigenvalue weighted by Crippen LogP contribution is 2.22. The summed E-state index contributed by atoms with van der Waals surface area (Å²) in [5, 5.41) is 5.39. The van der Waals surface area contributed by atoms with Gasteiger partial charge in [0.2, 0.25) is 0 Å². The highest BCUT2D eigenvalue weighted by Gasteiger charge is 2.02. The van der Waals surface area contributed by atoms with Crippen LogP contribution in [0.25, 0.3) is 10.8 Å². The van der Waals surface area contributed by atoms with E-state index in [0.29, 0.717) is 19.1 Å². The van der Waals surface area contributed by atoms with Crippen molar-refractivity contribution in [1.82, 2.24) is 5.32 Å². The van der Waals surface area contributed by atoms with Gasteiger partial charge in [-0.2, -0.15) is 0 Å². The van der Waals surface area contributed by atoms with Gasteiger partial charge >= 0.3 is 0 Å². The first-order valence-electron chi connectivity index (χ1n) is 7.24. The Kier molecular flexibility index (Phi) is 5.61. The molecular weight excluding hydrogens is 278 g/mol. The van der Waals surface area contributed by atoms with Gasteiger partial charge in [-0.25, -0.2) is 4.99 Å². The van der Waals surface area contributed by atoms with Crippen LogP contribution in [0.15, 0.2) is 41.4 Å². The molecule has 0 aliphatic rings. The molecule has 0 amide bonds.